The highest BCUT2D eigenvalue weighted by Gasteiger charge is 2.19. The van der Waals surface area contributed by atoms with Crippen LogP contribution >= 0.6 is 34.4 Å². The minimum Gasteiger partial charge on any atom is -0.325 e. The Bertz CT molecular complexity index is 1480. The first-order valence-electron chi connectivity index (χ1n) is 10.4. The van der Waals surface area contributed by atoms with Crippen LogP contribution in [0.4, 0.5) is 5.69 Å². The van der Waals surface area contributed by atoms with Gasteiger partial charge in [0.25, 0.3) is 5.56 Å². The summed E-state index contributed by atoms with van der Waals surface area (Å²) in [6.07, 6.45) is 0. The number of thiophene rings is 2. The third kappa shape index (κ3) is 4.33. The number of fused-ring (bicyclic) bond motifs is 3. The predicted molar refractivity (Wildman–Crippen MR) is 136 cm³/mol. The van der Waals surface area contributed by atoms with E-state index >= 15 is 0 Å². The number of nitrogens with zero attached hydrogens (tertiary/aromatic N) is 4. The molecule has 0 aliphatic heterocycles. The van der Waals surface area contributed by atoms with Crippen molar-refractivity contribution in [2.24, 2.45) is 0 Å². The van der Waals surface area contributed by atoms with Crippen LogP contribution in [0, 0.1) is 0 Å². The standard InChI is InChI=1S/C23H21N5O2S3/c1-14(2)15-5-7-16(8-6-15)24-19(29)13-33-23-26-25-22-27(12-17-4-3-10-31-17)21(30)20-18(28(22)23)9-11-32-20/h3-11,14H,12-13H2,1-2H3,(H,24,29). The van der Waals surface area contributed by atoms with Gasteiger partial charge in [-0.3, -0.25) is 18.6 Å². The SMILES string of the molecule is CC(C)c1ccc(NC(=O)CSc2nnc3n(Cc4cccs4)c(=O)c4sccc4n23)cc1. The van der Waals surface area contributed by atoms with Crippen molar-refractivity contribution in [3.63, 3.8) is 0 Å². The highest BCUT2D eigenvalue weighted by Crippen LogP contribution is 2.25. The fourth-order valence-electron chi connectivity index (χ4n) is 3.57. The number of carbonyl (C=O) groups is 1. The fourth-order valence-corrected chi connectivity index (χ4v) is 5.83. The maximum Gasteiger partial charge on any atom is 0.273 e. The van der Waals surface area contributed by atoms with Crippen molar-refractivity contribution in [2.75, 3.05) is 11.1 Å². The second kappa shape index (κ2) is 9.12. The van der Waals surface area contributed by atoms with Gasteiger partial charge in [0, 0.05) is 10.6 Å². The van der Waals surface area contributed by atoms with E-state index in [1.54, 1.807) is 15.9 Å². The van der Waals surface area contributed by atoms with Crippen molar-refractivity contribution in [3.8, 4) is 0 Å². The van der Waals surface area contributed by atoms with Crippen molar-refractivity contribution < 1.29 is 4.79 Å². The molecular formula is C23H21N5O2S3. The molecule has 0 saturated carbocycles. The highest BCUT2D eigenvalue weighted by molar-refractivity contribution is 7.99. The summed E-state index contributed by atoms with van der Waals surface area (Å²) in [5.41, 5.74) is 2.68. The van der Waals surface area contributed by atoms with Crippen LogP contribution < -0.4 is 10.9 Å². The Labute approximate surface area is 202 Å². The molecule has 5 aromatic rings. The molecule has 0 aliphatic carbocycles. The second-order valence-electron chi connectivity index (χ2n) is 7.84. The molecule has 0 unspecified atom stereocenters. The summed E-state index contributed by atoms with van der Waals surface area (Å²) in [6, 6.07) is 13.8. The molecule has 4 aromatic heterocycles. The largest absolute Gasteiger partial charge is 0.325 e. The van der Waals surface area contributed by atoms with Crippen LogP contribution in [-0.4, -0.2) is 30.8 Å². The Morgan fingerprint density at radius 2 is 1.91 bits per heavy atom. The summed E-state index contributed by atoms with van der Waals surface area (Å²) in [5.74, 6) is 0.981. The Morgan fingerprint density at radius 3 is 2.64 bits per heavy atom. The molecule has 4 heterocycles. The molecule has 0 atom stereocenters. The van der Waals surface area contributed by atoms with Gasteiger partial charge in [-0.2, -0.15) is 0 Å². The van der Waals surface area contributed by atoms with Crippen LogP contribution in [0.1, 0.15) is 30.2 Å². The number of carbonyl (C=O) groups excluding carboxylic acids is 1. The number of aromatic nitrogens is 4. The molecule has 168 valence electrons. The summed E-state index contributed by atoms with van der Waals surface area (Å²) in [6.45, 7) is 4.71. The molecule has 1 N–H and O–H groups in total. The summed E-state index contributed by atoms with van der Waals surface area (Å²) >= 11 is 4.30. The quantitative estimate of drug-likeness (QED) is 0.319. The molecule has 0 saturated heterocycles. The van der Waals surface area contributed by atoms with E-state index in [0.29, 0.717) is 28.1 Å². The van der Waals surface area contributed by atoms with Gasteiger partial charge >= 0.3 is 0 Å². The smallest absolute Gasteiger partial charge is 0.273 e. The number of amides is 1. The Kier molecular flexibility index (Phi) is 6.05. The second-order valence-corrected chi connectivity index (χ2v) is 10.7. The van der Waals surface area contributed by atoms with Crippen molar-refractivity contribution in [2.45, 2.75) is 31.5 Å². The van der Waals surface area contributed by atoms with Gasteiger partial charge in [-0.1, -0.05) is 43.8 Å². The van der Waals surface area contributed by atoms with E-state index in [1.165, 1.54) is 28.7 Å². The highest BCUT2D eigenvalue weighted by atomic mass is 32.2. The van der Waals surface area contributed by atoms with Gasteiger partial charge in [0.05, 0.1) is 17.8 Å². The van der Waals surface area contributed by atoms with Crippen molar-refractivity contribution in [1.82, 2.24) is 19.2 Å². The zero-order valence-corrected chi connectivity index (χ0v) is 20.5. The van der Waals surface area contributed by atoms with Crippen LogP contribution in [0.25, 0.3) is 16.0 Å². The number of hydrogen-bond acceptors (Lipinski definition) is 7. The third-order valence-corrected chi connectivity index (χ3v) is 7.95. The molecule has 1 amide bonds. The van der Waals surface area contributed by atoms with Gasteiger partial charge in [-0.25, -0.2) is 0 Å². The first-order chi connectivity index (χ1) is 16.0. The van der Waals surface area contributed by atoms with Gasteiger partial charge in [0.2, 0.25) is 11.7 Å². The number of thioether (sulfide) groups is 1. The Hall–Kier alpha value is -2.95. The zero-order chi connectivity index (χ0) is 22.9. The number of anilines is 1. The van der Waals surface area contributed by atoms with E-state index in [0.717, 1.165) is 16.1 Å². The van der Waals surface area contributed by atoms with Gasteiger partial charge < -0.3 is 5.32 Å². The van der Waals surface area contributed by atoms with E-state index in [4.69, 9.17) is 0 Å². The molecule has 0 bridgehead atoms. The molecule has 33 heavy (non-hydrogen) atoms. The Balaban J connectivity index is 1.40. The molecule has 0 aliphatic rings. The van der Waals surface area contributed by atoms with E-state index in [1.807, 2.05) is 57.6 Å². The number of benzene rings is 1. The lowest BCUT2D eigenvalue weighted by molar-refractivity contribution is -0.113. The monoisotopic (exact) mass is 495 g/mol. The molecule has 7 nitrogen and oxygen atoms in total. The first kappa shape index (κ1) is 21.9. The average molecular weight is 496 g/mol. The minimum absolute atomic E-state index is 0.0764. The van der Waals surface area contributed by atoms with Crippen LogP contribution in [0.2, 0.25) is 0 Å². The van der Waals surface area contributed by atoms with Crippen molar-refractivity contribution >= 4 is 62.0 Å². The fraction of sp³-hybridized carbons (Fsp3) is 0.217. The van der Waals surface area contributed by atoms with Crippen LogP contribution in [0.5, 0.6) is 0 Å². The summed E-state index contributed by atoms with van der Waals surface area (Å²) in [5, 5.41) is 16.0. The first-order valence-corrected chi connectivity index (χ1v) is 13.2. The lowest BCUT2D eigenvalue weighted by Gasteiger charge is -2.09. The van der Waals surface area contributed by atoms with Gasteiger partial charge in [0.1, 0.15) is 4.70 Å². The van der Waals surface area contributed by atoms with Gasteiger partial charge in [-0.15, -0.1) is 32.9 Å². The lowest BCUT2D eigenvalue weighted by Crippen LogP contribution is -2.22. The Morgan fingerprint density at radius 1 is 1.09 bits per heavy atom. The molecule has 1 aromatic carbocycles. The maximum absolute atomic E-state index is 13.1. The van der Waals surface area contributed by atoms with E-state index in [2.05, 4.69) is 29.4 Å². The summed E-state index contributed by atoms with van der Waals surface area (Å²) < 4.78 is 4.17. The lowest BCUT2D eigenvalue weighted by atomic mass is 10.0. The average Bonchev–Trinajstić information content (AvgIpc) is 3.56. The van der Waals surface area contributed by atoms with Crippen LogP contribution in [0.15, 0.2) is 63.2 Å². The summed E-state index contributed by atoms with van der Waals surface area (Å²) in [4.78, 5) is 26.7. The van der Waals surface area contributed by atoms with Crippen molar-refractivity contribution in [3.05, 3.63) is 74.0 Å². The molecular weight excluding hydrogens is 474 g/mol. The van der Waals surface area contributed by atoms with Crippen LogP contribution in [0.3, 0.4) is 0 Å². The van der Waals surface area contributed by atoms with Gasteiger partial charge in [-0.05, 0) is 46.5 Å². The number of rotatable bonds is 7. The topological polar surface area (TPSA) is 81.3 Å². The third-order valence-electron chi connectivity index (χ3n) is 5.27. The van der Waals surface area contributed by atoms with E-state index in [9.17, 15) is 9.59 Å². The summed E-state index contributed by atoms with van der Waals surface area (Å²) in [7, 11) is 0. The normalized spacial score (nSPS) is 11.6. The molecule has 0 fully saturated rings. The zero-order valence-electron chi connectivity index (χ0n) is 18.0. The molecule has 10 heteroatoms. The number of hydrogen-bond donors (Lipinski definition) is 1. The van der Waals surface area contributed by atoms with Gasteiger partial charge in [0.15, 0.2) is 5.16 Å². The molecule has 0 spiro atoms. The predicted octanol–water partition coefficient (Wildman–Crippen LogP) is 5.07. The molecule has 5 rings (SSSR count). The van der Waals surface area contributed by atoms with Crippen molar-refractivity contribution in [1.29, 1.82) is 0 Å². The number of nitrogens with one attached hydrogen (secondary N) is 1. The maximum atomic E-state index is 13.1. The van der Waals surface area contributed by atoms with E-state index in [-0.39, 0.29) is 17.2 Å². The van der Waals surface area contributed by atoms with E-state index < -0.39 is 0 Å². The molecule has 0 radical (unpaired) electrons. The van der Waals surface area contributed by atoms with Crippen LogP contribution in [-0.2, 0) is 11.3 Å². The minimum atomic E-state index is -0.123.